The number of hydrogen-bond donors (Lipinski definition) is 0. The molecule has 3 rings (SSSR count). The molecule has 2 saturated heterocycles. The molecule has 1 atom stereocenters. The van der Waals surface area contributed by atoms with Gasteiger partial charge in [0.25, 0.3) is 5.91 Å². The third-order valence-corrected chi connectivity index (χ3v) is 4.64. The lowest BCUT2D eigenvalue weighted by Gasteiger charge is -2.35. The lowest BCUT2D eigenvalue weighted by Crippen LogP contribution is -2.44. The largest absolute Gasteiger partial charge is 0.472 e. The van der Waals surface area contributed by atoms with Crippen molar-refractivity contribution in [3.8, 4) is 5.88 Å². The molecule has 6 heteroatoms. The van der Waals surface area contributed by atoms with Crippen molar-refractivity contribution >= 4 is 5.91 Å². The van der Waals surface area contributed by atoms with E-state index in [1.807, 2.05) is 4.90 Å². The number of nitrogens with zero attached hydrogens (tertiary/aromatic N) is 3. The van der Waals surface area contributed by atoms with Crippen molar-refractivity contribution in [3.63, 3.8) is 0 Å². The van der Waals surface area contributed by atoms with Crippen molar-refractivity contribution in [1.29, 1.82) is 0 Å². The first-order valence-electron chi connectivity index (χ1n) is 8.29. The number of likely N-dealkylation sites (tertiary alicyclic amines) is 1. The van der Waals surface area contributed by atoms with Crippen LogP contribution in [-0.2, 0) is 4.74 Å². The molecule has 0 spiro atoms. The summed E-state index contributed by atoms with van der Waals surface area (Å²) < 4.78 is 11.0. The monoisotopic (exact) mass is 319 g/mol. The lowest BCUT2D eigenvalue weighted by molar-refractivity contribution is 0.0662. The minimum Gasteiger partial charge on any atom is -0.472 e. The highest BCUT2D eigenvalue weighted by Gasteiger charge is 2.25. The van der Waals surface area contributed by atoms with Gasteiger partial charge in [-0.15, -0.1) is 0 Å². The average molecular weight is 319 g/mol. The van der Waals surface area contributed by atoms with Crippen LogP contribution in [0.4, 0.5) is 0 Å². The molecule has 0 saturated carbocycles. The van der Waals surface area contributed by atoms with Crippen LogP contribution >= 0.6 is 0 Å². The highest BCUT2D eigenvalue weighted by Crippen LogP contribution is 2.18. The van der Waals surface area contributed by atoms with Crippen molar-refractivity contribution < 1.29 is 14.3 Å². The van der Waals surface area contributed by atoms with E-state index in [1.54, 1.807) is 18.3 Å². The maximum absolute atomic E-state index is 12.5. The minimum atomic E-state index is 0.0606. The summed E-state index contributed by atoms with van der Waals surface area (Å²) in [7, 11) is 4.19. The summed E-state index contributed by atoms with van der Waals surface area (Å²) in [6.07, 6.45) is 4.63. The smallest absolute Gasteiger partial charge is 0.255 e. The molecule has 2 fully saturated rings. The molecule has 1 amide bonds. The highest BCUT2D eigenvalue weighted by atomic mass is 16.5. The van der Waals surface area contributed by atoms with Gasteiger partial charge in [0.15, 0.2) is 0 Å². The van der Waals surface area contributed by atoms with E-state index in [9.17, 15) is 4.79 Å². The van der Waals surface area contributed by atoms with Crippen LogP contribution in [0.3, 0.4) is 0 Å². The Bertz CT molecular complexity index is 518. The third kappa shape index (κ3) is 4.00. The van der Waals surface area contributed by atoms with Crippen molar-refractivity contribution in [1.82, 2.24) is 14.8 Å². The molecule has 1 aromatic rings. The van der Waals surface area contributed by atoms with E-state index in [0.717, 1.165) is 39.0 Å². The molecule has 0 bridgehead atoms. The van der Waals surface area contributed by atoms with Gasteiger partial charge in [0.2, 0.25) is 5.88 Å². The Morgan fingerprint density at radius 2 is 2.09 bits per heavy atom. The highest BCUT2D eigenvalue weighted by molar-refractivity contribution is 5.94. The Morgan fingerprint density at radius 3 is 2.65 bits per heavy atom. The molecular weight excluding hydrogens is 294 g/mol. The first-order valence-corrected chi connectivity index (χ1v) is 8.29. The fourth-order valence-electron chi connectivity index (χ4n) is 3.12. The summed E-state index contributed by atoms with van der Waals surface area (Å²) in [5, 5.41) is 0. The van der Waals surface area contributed by atoms with Gasteiger partial charge in [-0.2, -0.15) is 0 Å². The molecule has 2 aliphatic heterocycles. The van der Waals surface area contributed by atoms with Crippen molar-refractivity contribution in [2.75, 3.05) is 40.4 Å². The fraction of sp³-hybridized carbons (Fsp3) is 0.647. The lowest BCUT2D eigenvalue weighted by atomic mass is 10.0. The summed E-state index contributed by atoms with van der Waals surface area (Å²) >= 11 is 0. The van der Waals surface area contributed by atoms with E-state index >= 15 is 0 Å². The molecule has 23 heavy (non-hydrogen) atoms. The molecule has 2 aliphatic rings. The van der Waals surface area contributed by atoms with Crippen LogP contribution in [0.1, 0.15) is 29.6 Å². The van der Waals surface area contributed by atoms with Crippen molar-refractivity contribution in [2.24, 2.45) is 0 Å². The van der Waals surface area contributed by atoms with Gasteiger partial charge in [-0.25, -0.2) is 4.98 Å². The Balaban J connectivity index is 1.55. The van der Waals surface area contributed by atoms with Crippen LogP contribution in [0.15, 0.2) is 18.3 Å². The molecule has 126 valence electrons. The third-order valence-electron chi connectivity index (χ3n) is 4.64. The molecule has 0 aromatic carbocycles. The van der Waals surface area contributed by atoms with Gasteiger partial charge >= 0.3 is 0 Å². The van der Waals surface area contributed by atoms with Gasteiger partial charge in [-0.05, 0) is 33.0 Å². The van der Waals surface area contributed by atoms with E-state index in [4.69, 9.17) is 9.47 Å². The molecule has 3 heterocycles. The number of carbonyl (C=O) groups excluding carboxylic acids is 1. The number of piperidine rings is 1. The predicted octanol–water partition coefficient (Wildman–Crippen LogP) is 1.42. The van der Waals surface area contributed by atoms with Crippen LogP contribution in [0.25, 0.3) is 0 Å². The van der Waals surface area contributed by atoms with Gasteiger partial charge in [-0.3, -0.25) is 4.79 Å². The Morgan fingerprint density at radius 1 is 1.30 bits per heavy atom. The van der Waals surface area contributed by atoms with Crippen molar-refractivity contribution in [2.45, 2.75) is 31.4 Å². The molecular formula is C17H25N3O3. The second-order valence-corrected chi connectivity index (χ2v) is 6.48. The predicted molar refractivity (Wildman–Crippen MR) is 86.7 cm³/mol. The number of carbonyl (C=O) groups is 1. The summed E-state index contributed by atoms with van der Waals surface area (Å²) in [6.45, 7) is 2.96. The maximum Gasteiger partial charge on any atom is 0.255 e. The van der Waals surface area contributed by atoms with E-state index < -0.39 is 0 Å². The van der Waals surface area contributed by atoms with Gasteiger partial charge in [0.1, 0.15) is 6.10 Å². The van der Waals surface area contributed by atoms with E-state index in [-0.39, 0.29) is 12.0 Å². The topological polar surface area (TPSA) is 54.9 Å². The standard InChI is InChI=1S/C17H25N3O3/c1-19(2)14-5-8-20(9-6-14)17(21)13-3-4-16(18-11-13)23-15-7-10-22-12-15/h3-4,11,14-15H,5-10,12H2,1-2H3. The first kappa shape index (κ1) is 16.2. The number of ether oxygens (including phenoxy) is 2. The van der Waals surface area contributed by atoms with Gasteiger partial charge in [0, 0.05) is 37.8 Å². The normalized spacial score (nSPS) is 22.6. The van der Waals surface area contributed by atoms with Gasteiger partial charge < -0.3 is 19.3 Å². The molecule has 1 unspecified atom stereocenters. The second-order valence-electron chi connectivity index (χ2n) is 6.48. The van der Waals surface area contributed by atoms with E-state index in [1.165, 1.54) is 0 Å². The van der Waals surface area contributed by atoms with Crippen LogP contribution in [-0.4, -0.2) is 73.2 Å². The van der Waals surface area contributed by atoms with Gasteiger partial charge in [-0.1, -0.05) is 0 Å². The SMILES string of the molecule is CN(C)C1CCN(C(=O)c2ccc(OC3CCOC3)nc2)CC1. The zero-order valence-electron chi connectivity index (χ0n) is 13.9. The Kier molecular flexibility index (Phi) is 5.13. The van der Waals surface area contributed by atoms with E-state index in [2.05, 4.69) is 24.0 Å². The van der Waals surface area contributed by atoms with Gasteiger partial charge in [0.05, 0.1) is 18.8 Å². The Labute approximate surface area is 137 Å². The number of hydrogen-bond acceptors (Lipinski definition) is 5. The number of amides is 1. The first-order chi connectivity index (χ1) is 11.1. The van der Waals surface area contributed by atoms with Crippen LogP contribution in [0, 0.1) is 0 Å². The number of rotatable bonds is 4. The number of pyridine rings is 1. The quantitative estimate of drug-likeness (QED) is 0.840. The molecule has 6 nitrogen and oxygen atoms in total. The zero-order valence-corrected chi connectivity index (χ0v) is 13.9. The minimum absolute atomic E-state index is 0.0606. The molecule has 0 aliphatic carbocycles. The summed E-state index contributed by atoms with van der Waals surface area (Å²) in [4.78, 5) is 21.0. The summed E-state index contributed by atoms with van der Waals surface area (Å²) in [5.41, 5.74) is 0.628. The summed E-state index contributed by atoms with van der Waals surface area (Å²) in [5.74, 6) is 0.619. The Hall–Kier alpha value is -1.66. The van der Waals surface area contributed by atoms with E-state index in [0.29, 0.717) is 24.1 Å². The molecule has 0 N–H and O–H groups in total. The molecule has 1 aromatic heterocycles. The van der Waals surface area contributed by atoms with Crippen LogP contribution in [0.5, 0.6) is 5.88 Å². The van der Waals surface area contributed by atoms with Crippen LogP contribution in [0.2, 0.25) is 0 Å². The molecule has 0 radical (unpaired) electrons. The van der Waals surface area contributed by atoms with Crippen LogP contribution < -0.4 is 4.74 Å². The summed E-state index contributed by atoms with van der Waals surface area (Å²) in [6, 6.07) is 4.15. The zero-order chi connectivity index (χ0) is 16.2. The maximum atomic E-state index is 12.5. The fourth-order valence-corrected chi connectivity index (χ4v) is 3.12. The van der Waals surface area contributed by atoms with Crippen molar-refractivity contribution in [3.05, 3.63) is 23.9 Å². The average Bonchev–Trinajstić information content (AvgIpc) is 3.08. The number of aromatic nitrogens is 1. The second kappa shape index (κ2) is 7.27.